The summed E-state index contributed by atoms with van der Waals surface area (Å²) < 4.78 is 5.94. The fourth-order valence-electron chi connectivity index (χ4n) is 1.84. The first-order valence-corrected chi connectivity index (χ1v) is 7.28. The molecule has 0 bridgehead atoms. The number of carbonyl (C=O) groups is 1. The van der Waals surface area contributed by atoms with Crippen LogP contribution in [0.2, 0.25) is 0 Å². The van der Waals surface area contributed by atoms with Crippen molar-refractivity contribution in [2.24, 2.45) is 5.10 Å². The first-order chi connectivity index (χ1) is 10.5. The van der Waals surface area contributed by atoms with Crippen molar-refractivity contribution in [2.75, 3.05) is 7.11 Å². The molecule has 0 aliphatic carbocycles. The largest absolute Gasteiger partial charge is 0.504 e. The van der Waals surface area contributed by atoms with Crippen molar-refractivity contribution in [3.8, 4) is 11.5 Å². The molecule has 0 aliphatic heterocycles. The van der Waals surface area contributed by atoms with Crippen LogP contribution in [0.15, 0.2) is 52.0 Å². The van der Waals surface area contributed by atoms with Crippen molar-refractivity contribution in [3.63, 3.8) is 0 Å². The number of phenolic OH excluding ortho intramolecular Hbond substituents is 1. The highest BCUT2D eigenvalue weighted by Crippen LogP contribution is 2.29. The van der Waals surface area contributed by atoms with E-state index in [2.05, 4.69) is 26.5 Å². The number of para-hydroxylation sites is 1. The van der Waals surface area contributed by atoms with Gasteiger partial charge in [0.25, 0.3) is 5.91 Å². The average Bonchev–Trinajstić information content (AvgIpc) is 2.53. The molecule has 2 aromatic rings. The number of hydrogen-bond acceptors (Lipinski definition) is 4. The van der Waals surface area contributed by atoms with Gasteiger partial charge in [0.2, 0.25) is 0 Å². The van der Waals surface area contributed by atoms with Gasteiger partial charge in [-0.1, -0.05) is 22.0 Å². The Morgan fingerprint density at radius 2 is 1.91 bits per heavy atom. The van der Waals surface area contributed by atoms with Crippen molar-refractivity contribution in [1.82, 2.24) is 5.43 Å². The van der Waals surface area contributed by atoms with Gasteiger partial charge in [0.15, 0.2) is 11.5 Å². The molecule has 0 aromatic heterocycles. The van der Waals surface area contributed by atoms with E-state index >= 15 is 0 Å². The topological polar surface area (TPSA) is 70.9 Å². The number of ether oxygens (including phenoxy) is 1. The van der Waals surface area contributed by atoms with Crippen molar-refractivity contribution < 1.29 is 14.6 Å². The molecule has 6 heteroatoms. The first kappa shape index (κ1) is 16.0. The molecular formula is C16H15BrN2O3. The lowest BCUT2D eigenvalue weighted by Gasteiger charge is -2.08. The van der Waals surface area contributed by atoms with Crippen LogP contribution in [-0.4, -0.2) is 23.8 Å². The molecule has 1 amide bonds. The summed E-state index contributed by atoms with van der Waals surface area (Å²) in [5, 5.41) is 14.1. The number of hydrazone groups is 1. The second kappa shape index (κ2) is 7.09. The van der Waals surface area contributed by atoms with Crippen LogP contribution in [-0.2, 0) is 0 Å². The molecule has 2 N–H and O–H groups in total. The number of methoxy groups -OCH3 is 1. The quantitative estimate of drug-likeness (QED) is 0.647. The fourth-order valence-corrected chi connectivity index (χ4v) is 2.10. The lowest BCUT2D eigenvalue weighted by Crippen LogP contribution is -2.19. The van der Waals surface area contributed by atoms with E-state index in [1.54, 1.807) is 49.4 Å². The Hall–Kier alpha value is -2.34. The van der Waals surface area contributed by atoms with Gasteiger partial charge in [0.05, 0.1) is 12.8 Å². The number of nitrogens with one attached hydrogen (secondary N) is 1. The fraction of sp³-hybridized carbons (Fsp3) is 0.125. The Morgan fingerprint density at radius 1 is 1.23 bits per heavy atom. The summed E-state index contributed by atoms with van der Waals surface area (Å²) in [4.78, 5) is 12.0. The molecule has 0 unspecified atom stereocenters. The van der Waals surface area contributed by atoms with Crippen LogP contribution in [0.4, 0.5) is 0 Å². The van der Waals surface area contributed by atoms with Gasteiger partial charge in [-0.15, -0.1) is 0 Å². The van der Waals surface area contributed by atoms with Gasteiger partial charge >= 0.3 is 0 Å². The summed E-state index contributed by atoms with van der Waals surface area (Å²) in [5.74, 6) is 0.0182. The van der Waals surface area contributed by atoms with Crippen molar-refractivity contribution in [2.45, 2.75) is 6.92 Å². The number of benzene rings is 2. The molecule has 0 saturated heterocycles. The van der Waals surface area contributed by atoms with E-state index in [4.69, 9.17) is 4.74 Å². The Kier molecular flexibility index (Phi) is 5.16. The zero-order valence-electron chi connectivity index (χ0n) is 12.1. The normalized spacial score (nSPS) is 11.1. The van der Waals surface area contributed by atoms with E-state index in [1.807, 2.05) is 0 Å². The minimum absolute atomic E-state index is 0.0101. The molecule has 2 rings (SSSR count). The summed E-state index contributed by atoms with van der Waals surface area (Å²) in [6, 6.07) is 12.0. The van der Waals surface area contributed by atoms with Crippen molar-refractivity contribution in [3.05, 3.63) is 58.1 Å². The SMILES string of the molecule is COc1cccc(C(C)=NNC(=O)c2ccc(Br)cc2)c1O. The Labute approximate surface area is 136 Å². The summed E-state index contributed by atoms with van der Waals surface area (Å²) in [5.41, 5.74) is 3.93. The van der Waals surface area contributed by atoms with Crippen LogP contribution in [0.1, 0.15) is 22.8 Å². The van der Waals surface area contributed by atoms with Crippen LogP contribution >= 0.6 is 15.9 Å². The number of rotatable bonds is 4. The summed E-state index contributed by atoms with van der Waals surface area (Å²) >= 11 is 3.31. The molecule has 22 heavy (non-hydrogen) atoms. The van der Waals surface area contributed by atoms with E-state index in [0.717, 1.165) is 4.47 Å². The molecule has 5 nitrogen and oxygen atoms in total. The first-order valence-electron chi connectivity index (χ1n) is 6.49. The molecule has 0 atom stereocenters. The van der Waals surface area contributed by atoms with Crippen LogP contribution in [0.25, 0.3) is 0 Å². The monoisotopic (exact) mass is 362 g/mol. The lowest BCUT2D eigenvalue weighted by atomic mass is 10.1. The highest BCUT2D eigenvalue weighted by Gasteiger charge is 2.10. The maximum Gasteiger partial charge on any atom is 0.271 e. The summed E-state index contributed by atoms with van der Waals surface area (Å²) in [6.45, 7) is 1.69. The lowest BCUT2D eigenvalue weighted by molar-refractivity contribution is 0.0955. The van der Waals surface area contributed by atoms with Gasteiger partial charge in [0, 0.05) is 15.6 Å². The predicted octanol–water partition coefficient (Wildman–Crippen LogP) is 3.32. The highest BCUT2D eigenvalue weighted by atomic mass is 79.9. The maximum atomic E-state index is 12.0. The number of halogens is 1. The van der Waals surface area contributed by atoms with E-state index in [1.165, 1.54) is 7.11 Å². The number of aromatic hydroxyl groups is 1. The molecule has 0 fully saturated rings. The van der Waals surface area contributed by atoms with Gasteiger partial charge in [-0.3, -0.25) is 4.79 Å². The van der Waals surface area contributed by atoms with Gasteiger partial charge in [-0.25, -0.2) is 5.43 Å². The van der Waals surface area contributed by atoms with Gasteiger partial charge < -0.3 is 9.84 Å². The van der Waals surface area contributed by atoms with Crippen LogP contribution in [0.5, 0.6) is 11.5 Å². The highest BCUT2D eigenvalue weighted by molar-refractivity contribution is 9.10. The number of amides is 1. The van der Waals surface area contributed by atoms with E-state index in [9.17, 15) is 9.90 Å². The molecule has 0 aliphatic rings. The standard InChI is InChI=1S/C16H15BrN2O3/c1-10(13-4-3-5-14(22-2)15(13)20)18-19-16(21)11-6-8-12(17)9-7-11/h3-9,20H,1-2H3,(H,19,21). The molecular weight excluding hydrogens is 348 g/mol. The molecule has 0 heterocycles. The minimum atomic E-state index is -0.325. The van der Waals surface area contributed by atoms with E-state index in [-0.39, 0.29) is 11.7 Å². The summed E-state index contributed by atoms with van der Waals surface area (Å²) in [6.07, 6.45) is 0. The third kappa shape index (κ3) is 3.65. The number of carbonyl (C=O) groups excluding carboxylic acids is 1. The molecule has 0 radical (unpaired) electrons. The predicted molar refractivity (Wildman–Crippen MR) is 88.5 cm³/mol. The van der Waals surface area contributed by atoms with E-state index < -0.39 is 0 Å². The molecule has 0 spiro atoms. The zero-order valence-corrected chi connectivity index (χ0v) is 13.7. The number of phenols is 1. The smallest absolute Gasteiger partial charge is 0.271 e. The Balaban J connectivity index is 2.16. The van der Waals surface area contributed by atoms with Gasteiger partial charge in [-0.05, 0) is 43.3 Å². The molecule has 0 saturated carbocycles. The van der Waals surface area contributed by atoms with Crippen molar-refractivity contribution in [1.29, 1.82) is 0 Å². The second-order valence-corrected chi connectivity index (χ2v) is 5.42. The third-order valence-electron chi connectivity index (χ3n) is 3.04. The number of hydrogen-bond donors (Lipinski definition) is 2. The van der Waals surface area contributed by atoms with Crippen LogP contribution in [0.3, 0.4) is 0 Å². The second-order valence-electron chi connectivity index (χ2n) is 4.50. The molecule has 114 valence electrons. The molecule has 2 aromatic carbocycles. The van der Waals surface area contributed by atoms with Crippen LogP contribution in [0, 0.1) is 0 Å². The average molecular weight is 363 g/mol. The Bertz CT molecular complexity index is 712. The Morgan fingerprint density at radius 3 is 2.55 bits per heavy atom. The van der Waals surface area contributed by atoms with Gasteiger partial charge in [0.1, 0.15) is 0 Å². The third-order valence-corrected chi connectivity index (χ3v) is 3.57. The maximum absolute atomic E-state index is 12.0. The van der Waals surface area contributed by atoms with Crippen molar-refractivity contribution >= 4 is 27.5 Å². The summed E-state index contributed by atoms with van der Waals surface area (Å²) in [7, 11) is 1.47. The van der Waals surface area contributed by atoms with E-state index in [0.29, 0.717) is 22.6 Å². The zero-order chi connectivity index (χ0) is 16.1. The van der Waals surface area contributed by atoms with Gasteiger partial charge in [-0.2, -0.15) is 5.10 Å². The minimum Gasteiger partial charge on any atom is -0.504 e. The number of nitrogens with zero attached hydrogens (tertiary/aromatic N) is 1. The van der Waals surface area contributed by atoms with Crippen LogP contribution < -0.4 is 10.2 Å².